The van der Waals surface area contributed by atoms with Gasteiger partial charge in [0.2, 0.25) is 0 Å². The van der Waals surface area contributed by atoms with Crippen molar-refractivity contribution in [1.82, 2.24) is 0 Å². The van der Waals surface area contributed by atoms with Crippen LogP contribution in [0.1, 0.15) is 19.8 Å². The summed E-state index contributed by atoms with van der Waals surface area (Å²) in [4.78, 5) is 0. The van der Waals surface area contributed by atoms with E-state index in [1.54, 1.807) is 0 Å². The predicted octanol–water partition coefficient (Wildman–Crippen LogP) is 3.23. The van der Waals surface area contributed by atoms with E-state index in [1.807, 2.05) is 0 Å². The van der Waals surface area contributed by atoms with E-state index in [-0.39, 0.29) is 0 Å². The SMILES string of the molecule is [CH2]C(I)C(I)CCC. The molecular weight excluding hydrogens is 326 g/mol. The van der Waals surface area contributed by atoms with Crippen LogP contribution >= 0.6 is 45.2 Å². The van der Waals surface area contributed by atoms with Crippen LogP contribution in [0, 0.1) is 6.92 Å². The lowest BCUT2D eigenvalue weighted by molar-refractivity contribution is 0.784. The zero-order valence-electron chi connectivity index (χ0n) is 5.03. The third kappa shape index (κ3) is 4.35. The molecule has 0 heterocycles. The molecule has 0 nitrogen and oxygen atoms in total. The topological polar surface area (TPSA) is 0 Å². The molecule has 0 amide bonds. The van der Waals surface area contributed by atoms with Crippen molar-refractivity contribution < 1.29 is 0 Å². The molecule has 0 aliphatic rings. The van der Waals surface area contributed by atoms with Gasteiger partial charge in [0.1, 0.15) is 0 Å². The molecule has 0 bridgehead atoms. The van der Waals surface area contributed by atoms with Crippen molar-refractivity contribution in [3.63, 3.8) is 0 Å². The Hall–Kier alpha value is 1.46. The van der Waals surface area contributed by atoms with Crippen LogP contribution in [0.5, 0.6) is 0 Å². The molecule has 2 heteroatoms. The minimum absolute atomic E-state index is 0.577. The molecule has 0 aromatic heterocycles. The third-order valence-electron chi connectivity index (χ3n) is 0.957. The van der Waals surface area contributed by atoms with Crippen LogP contribution in [0.4, 0.5) is 0 Å². The molecule has 0 spiro atoms. The van der Waals surface area contributed by atoms with E-state index in [2.05, 4.69) is 59.0 Å². The summed E-state index contributed by atoms with van der Waals surface area (Å²) in [5.74, 6) is 0. The monoisotopic (exact) mass is 337 g/mol. The second-order valence-corrected chi connectivity index (χ2v) is 5.02. The van der Waals surface area contributed by atoms with Crippen molar-refractivity contribution in [2.45, 2.75) is 27.6 Å². The first-order valence-electron chi connectivity index (χ1n) is 2.79. The van der Waals surface area contributed by atoms with Crippen molar-refractivity contribution in [2.75, 3.05) is 0 Å². The smallest absolute Gasteiger partial charge is 0.0228 e. The first-order valence-corrected chi connectivity index (χ1v) is 5.28. The van der Waals surface area contributed by atoms with Gasteiger partial charge in [-0.3, -0.25) is 0 Å². The Bertz CT molecular complexity index is 52.5. The summed E-state index contributed by atoms with van der Waals surface area (Å²) < 4.78 is 1.34. The van der Waals surface area contributed by atoms with Gasteiger partial charge in [-0.1, -0.05) is 58.5 Å². The minimum Gasteiger partial charge on any atom is -0.0815 e. The lowest BCUT2D eigenvalue weighted by atomic mass is 10.2. The Labute approximate surface area is 79.1 Å². The van der Waals surface area contributed by atoms with Gasteiger partial charge >= 0.3 is 0 Å². The van der Waals surface area contributed by atoms with Crippen LogP contribution in [0.25, 0.3) is 0 Å². The Kier molecular flexibility index (Phi) is 6.22. The minimum atomic E-state index is 0.577. The van der Waals surface area contributed by atoms with E-state index in [0.29, 0.717) is 3.92 Å². The first kappa shape index (κ1) is 9.46. The van der Waals surface area contributed by atoms with Crippen LogP contribution < -0.4 is 0 Å². The summed E-state index contributed by atoms with van der Waals surface area (Å²) in [6.07, 6.45) is 2.58. The van der Waals surface area contributed by atoms with Gasteiger partial charge in [0.25, 0.3) is 0 Å². The van der Waals surface area contributed by atoms with E-state index in [0.717, 1.165) is 3.92 Å². The molecule has 8 heavy (non-hydrogen) atoms. The molecule has 0 aromatic carbocycles. The number of hydrogen-bond acceptors (Lipinski definition) is 0. The van der Waals surface area contributed by atoms with Crippen LogP contribution in [-0.4, -0.2) is 7.85 Å². The van der Waals surface area contributed by atoms with Crippen molar-refractivity contribution >= 4 is 45.2 Å². The van der Waals surface area contributed by atoms with Crippen LogP contribution in [-0.2, 0) is 0 Å². The summed E-state index contributed by atoms with van der Waals surface area (Å²) in [6, 6.07) is 0. The van der Waals surface area contributed by atoms with Crippen molar-refractivity contribution in [2.24, 2.45) is 0 Å². The number of hydrogen-bond donors (Lipinski definition) is 0. The Morgan fingerprint density at radius 3 is 2.12 bits per heavy atom. The van der Waals surface area contributed by atoms with E-state index >= 15 is 0 Å². The molecule has 2 unspecified atom stereocenters. The molecule has 2 atom stereocenters. The molecule has 0 N–H and O–H groups in total. The summed E-state index contributed by atoms with van der Waals surface area (Å²) in [5, 5.41) is 0. The summed E-state index contributed by atoms with van der Waals surface area (Å²) in [7, 11) is 0. The Balaban J connectivity index is 3.17. The highest BCUT2D eigenvalue weighted by Crippen LogP contribution is 2.18. The Morgan fingerprint density at radius 1 is 1.50 bits per heavy atom. The van der Waals surface area contributed by atoms with Gasteiger partial charge in [0.15, 0.2) is 0 Å². The van der Waals surface area contributed by atoms with Gasteiger partial charge in [-0.2, -0.15) is 0 Å². The first-order chi connectivity index (χ1) is 3.68. The average molecular weight is 337 g/mol. The van der Waals surface area contributed by atoms with Crippen LogP contribution in [0.15, 0.2) is 0 Å². The largest absolute Gasteiger partial charge is 0.0815 e. The van der Waals surface area contributed by atoms with E-state index in [4.69, 9.17) is 0 Å². The van der Waals surface area contributed by atoms with Gasteiger partial charge in [-0.15, -0.1) is 0 Å². The molecule has 0 fully saturated rings. The highest BCUT2D eigenvalue weighted by molar-refractivity contribution is 14.1. The summed E-state index contributed by atoms with van der Waals surface area (Å²) in [6.45, 7) is 6.15. The van der Waals surface area contributed by atoms with Gasteiger partial charge in [-0.25, -0.2) is 0 Å². The third-order valence-corrected chi connectivity index (χ3v) is 4.69. The fraction of sp³-hybridized carbons (Fsp3) is 0.833. The quantitative estimate of drug-likeness (QED) is 0.548. The highest BCUT2D eigenvalue weighted by Gasteiger charge is 2.07. The molecule has 0 aliphatic heterocycles. The number of rotatable bonds is 3. The van der Waals surface area contributed by atoms with Crippen molar-refractivity contribution in [3.05, 3.63) is 6.92 Å². The summed E-state index contributed by atoms with van der Waals surface area (Å²) in [5.41, 5.74) is 0. The maximum atomic E-state index is 3.94. The fourth-order valence-electron chi connectivity index (χ4n) is 0.457. The maximum absolute atomic E-state index is 3.94. The van der Waals surface area contributed by atoms with E-state index in [1.165, 1.54) is 12.8 Å². The highest BCUT2D eigenvalue weighted by atomic mass is 127. The van der Waals surface area contributed by atoms with Gasteiger partial charge in [0.05, 0.1) is 0 Å². The number of halogens is 2. The Morgan fingerprint density at radius 2 is 2.00 bits per heavy atom. The van der Waals surface area contributed by atoms with Crippen LogP contribution in [0.2, 0.25) is 0 Å². The van der Waals surface area contributed by atoms with Gasteiger partial charge in [-0.05, 0) is 13.3 Å². The standard InChI is InChI=1S/C6H11I2/c1-3-4-6(8)5(2)7/h5-6H,2-4H2,1H3. The lowest BCUT2D eigenvalue weighted by Crippen LogP contribution is -2.08. The molecule has 0 aromatic rings. The van der Waals surface area contributed by atoms with Crippen molar-refractivity contribution in [1.29, 1.82) is 0 Å². The summed E-state index contributed by atoms with van der Waals surface area (Å²) >= 11 is 4.83. The predicted molar refractivity (Wildman–Crippen MR) is 55.9 cm³/mol. The van der Waals surface area contributed by atoms with Gasteiger partial charge < -0.3 is 0 Å². The normalized spacial score (nSPS) is 18.0. The molecule has 1 radical (unpaired) electrons. The molecule has 0 aliphatic carbocycles. The zero-order valence-corrected chi connectivity index (χ0v) is 9.35. The van der Waals surface area contributed by atoms with Crippen LogP contribution in [0.3, 0.4) is 0 Å². The van der Waals surface area contributed by atoms with E-state index < -0.39 is 0 Å². The van der Waals surface area contributed by atoms with Crippen molar-refractivity contribution in [3.8, 4) is 0 Å². The second-order valence-electron chi connectivity index (χ2n) is 1.82. The molecule has 0 rings (SSSR count). The second kappa shape index (κ2) is 5.26. The van der Waals surface area contributed by atoms with Gasteiger partial charge in [0, 0.05) is 7.85 Å². The fourth-order valence-corrected chi connectivity index (χ4v) is 1.44. The van der Waals surface area contributed by atoms with E-state index in [9.17, 15) is 0 Å². The zero-order chi connectivity index (χ0) is 6.57. The number of alkyl halides is 2. The lowest BCUT2D eigenvalue weighted by Gasteiger charge is -2.08. The maximum Gasteiger partial charge on any atom is 0.0228 e. The molecule has 0 saturated heterocycles. The molecule has 49 valence electrons. The molecule has 0 saturated carbocycles. The average Bonchev–Trinajstić information content (AvgIpc) is 1.67. The molecular formula is C6H11I2.